The lowest BCUT2D eigenvalue weighted by atomic mass is 9.94. The molecule has 68 valence electrons. The second-order valence-corrected chi connectivity index (χ2v) is 2.88. The number of Topliss-reactive ketones (excluding diaryl/α,β-unsaturated/α-hetero) is 1. The Balaban J connectivity index is 2.20. The zero-order chi connectivity index (χ0) is 8.81. The molecule has 12 heavy (non-hydrogen) atoms. The van der Waals surface area contributed by atoms with Crippen LogP contribution in [0.2, 0.25) is 0 Å². The fourth-order valence-corrected chi connectivity index (χ4v) is 1.36. The van der Waals surface area contributed by atoms with E-state index in [0.717, 1.165) is 13.0 Å². The summed E-state index contributed by atoms with van der Waals surface area (Å²) in [5, 5.41) is 2.99. The number of nitrogens with one attached hydrogen (secondary N) is 1. The number of carbonyl (C=O) groups excluding carboxylic acids is 2. The smallest absolute Gasteiger partial charge is 0.293 e. The van der Waals surface area contributed by atoms with E-state index in [1.54, 1.807) is 0 Å². The molecule has 4 heteroatoms. The van der Waals surface area contributed by atoms with E-state index in [4.69, 9.17) is 0 Å². The SMILES string of the molecule is O=COCCC1CCNCC1=O. The molecule has 0 bridgehead atoms. The maximum atomic E-state index is 11.2. The van der Waals surface area contributed by atoms with Crippen LogP contribution in [0, 0.1) is 5.92 Å². The third kappa shape index (κ3) is 2.62. The molecule has 1 heterocycles. The van der Waals surface area contributed by atoms with Crippen molar-refractivity contribution in [3.05, 3.63) is 0 Å². The van der Waals surface area contributed by atoms with Crippen LogP contribution in [-0.4, -0.2) is 32.0 Å². The summed E-state index contributed by atoms with van der Waals surface area (Å²) in [6.07, 6.45) is 1.53. The van der Waals surface area contributed by atoms with Crippen LogP contribution in [0.4, 0.5) is 0 Å². The fraction of sp³-hybridized carbons (Fsp3) is 0.750. The van der Waals surface area contributed by atoms with Gasteiger partial charge in [0.2, 0.25) is 0 Å². The second-order valence-electron chi connectivity index (χ2n) is 2.88. The van der Waals surface area contributed by atoms with Crippen molar-refractivity contribution in [2.75, 3.05) is 19.7 Å². The molecule has 0 aromatic heterocycles. The quantitative estimate of drug-likeness (QED) is 0.467. The van der Waals surface area contributed by atoms with Crippen molar-refractivity contribution in [1.29, 1.82) is 0 Å². The predicted octanol–water partition coefficient (Wildman–Crippen LogP) is -0.272. The van der Waals surface area contributed by atoms with Gasteiger partial charge in [0.1, 0.15) is 5.78 Å². The first kappa shape index (κ1) is 9.19. The number of piperidine rings is 1. The van der Waals surface area contributed by atoms with Crippen LogP contribution in [0.15, 0.2) is 0 Å². The molecular weight excluding hydrogens is 158 g/mol. The minimum Gasteiger partial charge on any atom is -0.468 e. The van der Waals surface area contributed by atoms with Crippen LogP contribution in [-0.2, 0) is 14.3 Å². The summed E-state index contributed by atoms with van der Waals surface area (Å²) in [7, 11) is 0. The third-order valence-electron chi connectivity index (χ3n) is 2.08. The highest BCUT2D eigenvalue weighted by Crippen LogP contribution is 2.12. The molecule has 0 saturated carbocycles. The second kappa shape index (κ2) is 4.87. The molecule has 0 aromatic rings. The van der Waals surface area contributed by atoms with E-state index in [1.807, 2.05) is 0 Å². The number of hydrogen-bond donors (Lipinski definition) is 1. The summed E-state index contributed by atoms with van der Waals surface area (Å²) in [5.74, 6) is 0.321. The van der Waals surface area contributed by atoms with Crippen LogP contribution in [0.3, 0.4) is 0 Å². The number of carbonyl (C=O) groups is 2. The summed E-state index contributed by atoms with van der Waals surface area (Å²) in [6.45, 7) is 2.13. The molecule has 0 aliphatic carbocycles. The van der Waals surface area contributed by atoms with Gasteiger partial charge < -0.3 is 10.1 Å². The molecule has 1 aliphatic heterocycles. The lowest BCUT2D eigenvalue weighted by Gasteiger charge is -2.20. The molecule has 0 amide bonds. The fourth-order valence-electron chi connectivity index (χ4n) is 1.36. The molecule has 4 nitrogen and oxygen atoms in total. The van der Waals surface area contributed by atoms with Crippen molar-refractivity contribution in [3.63, 3.8) is 0 Å². The Morgan fingerprint density at radius 3 is 3.17 bits per heavy atom. The predicted molar refractivity (Wildman–Crippen MR) is 42.6 cm³/mol. The molecule has 1 aliphatic rings. The van der Waals surface area contributed by atoms with Crippen LogP contribution in [0.1, 0.15) is 12.8 Å². The van der Waals surface area contributed by atoms with Gasteiger partial charge in [-0.2, -0.15) is 0 Å². The molecule has 1 N–H and O–H groups in total. The third-order valence-corrected chi connectivity index (χ3v) is 2.08. The van der Waals surface area contributed by atoms with Crippen molar-refractivity contribution in [2.45, 2.75) is 12.8 Å². The van der Waals surface area contributed by atoms with Crippen LogP contribution < -0.4 is 5.32 Å². The van der Waals surface area contributed by atoms with Crippen molar-refractivity contribution in [2.24, 2.45) is 5.92 Å². The van der Waals surface area contributed by atoms with E-state index < -0.39 is 0 Å². The zero-order valence-electron chi connectivity index (χ0n) is 6.91. The first-order valence-corrected chi connectivity index (χ1v) is 4.13. The van der Waals surface area contributed by atoms with Crippen molar-refractivity contribution in [3.8, 4) is 0 Å². The molecule has 1 rings (SSSR count). The molecule has 0 radical (unpaired) electrons. The Labute approximate surface area is 71.3 Å². The van der Waals surface area contributed by atoms with Crippen molar-refractivity contribution < 1.29 is 14.3 Å². The number of rotatable bonds is 4. The summed E-state index contributed by atoms with van der Waals surface area (Å²) < 4.78 is 4.53. The number of hydrogen-bond acceptors (Lipinski definition) is 4. The van der Waals surface area contributed by atoms with Gasteiger partial charge in [0.15, 0.2) is 0 Å². The first-order chi connectivity index (χ1) is 5.84. The van der Waals surface area contributed by atoms with E-state index in [9.17, 15) is 9.59 Å². The molecule has 1 saturated heterocycles. The lowest BCUT2D eigenvalue weighted by molar-refractivity contribution is -0.131. The summed E-state index contributed by atoms with van der Waals surface area (Å²) in [5.41, 5.74) is 0. The monoisotopic (exact) mass is 171 g/mol. The maximum Gasteiger partial charge on any atom is 0.293 e. The highest BCUT2D eigenvalue weighted by Gasteiger charge is 2.21. The number of ketones is 1. The molecule has 1 unspecified atom stereocenters. The largest absolute Gasteiger partial charge is 0.468 e. The van der Waals surface area contributed by atoms with Gasteiger partial charge >= 0.3 is 0 Å². The van der Waals surface area contributed by atoms with E-state index in [1.165, 1.54) is 0 Å². The van der Waals surface area contributed by atoms with Crippen LogP contribution in [0.5, 0.6) is 0 Å². The van der Waals surface area contributed by atoms with Crippen LogP contribution >= 0.6 is 0 Å². The highest BCUT2D eigenvalue weighted by atomic mass is 16.5. The van der Waals surface area contributed by atoms with Crippen LogP contribution in [0.25, 0.3) is 0 Å². The van der Waals surface area contributed by atoms with Gasteiger partial charge in [-0.1, -0.05) is 0 Å². The molecule has 0 spiro atoms. The number of ether oxygens (including phenoxy) is 1. The minimum absolute atomic E-state index is 0.0891. The van der Waals surface area contributed by atoms with Gasteiger partial charge in [-0.3, -0.25) is 9.59 Å². The first-order valence-electron chi connectivity index (χ1n) is 4.13. The Hall–Kier alpha value is -0.900. The average molecular weight is 171 g/mol. The molecule has 0 aromatic carbocycles. The summed E-state index contributed by atoms with van der Waals surface area (Å²) in [4.78, 5) is 21.0. The van der Waals surface area contributed by atoms with E-state index in [2.05, 4.69) is 10.1 Å². The summed E-state index contributed by atoms with van der Waals surface area (Å²) >= 11 is 0. The van der Waals surface area contributed by atoms with Crippen molar-refractivity contribution in [1.82, 2.24) is 5.32 Å². The zero-order valence-corrected chi connectivity index (χ0v) is 6.91. The maximum absolute atomic E-state index is 11.2. The van der Waals surface area contributed by atoms with E-state index in [-0.39, 0.29) is 11.7 Å². The van der Waals surface area contributed by atoms with Gasteiger partial charge in [-0.05, 0) is 19.4 Å². The molecule has 1 fully saturated rings. The highest BCUT2D eigenvalue weighted by molar-refractivity contribution is 5.83. The van der Waals surface area contributed by atoms with E-state index in [0.29, 0.717) is 26.0 Å². The Kier molecular flexibility index (Phi) is 3.73. The Morgan fingerprint density at radius 1 is 1.67 bits per heavy atom. The average Bonchev–Trinajstić information content (AvgIpc) is 2.09. The molecule has 1 atom stereocenters. The van der Waals surface area contributed by atoms with Gasteiger partial charge in [0.25, 0.3) is 6.47 Å². The summed E-state index contributed by atoms with van der Waals surface area (Å²) in [6, 6.07) is 0. The standard InChI is InChI=1S/C8H13NO3/c10-6-12-4-2-7-1-3-9-5-8(7)11/h6-7,9H,1-5H2. The van der Waals surface area contributed by atoms with Gasteiger partial charge in [0.05, 0.1) is 13.2 Å². The van der Waals surface area contributed by atoms with Crippen molar-refractivity contribution >= 4 is 12.3 Å². The van der Waals surface area contributed by atoms with Gasteiger partial charge in [-0.15, -0.1) is 0 Å². The molecular formula is C8H13NO3. The normalized spacial score (nSPS) is 23.7. The lowest BCUT2D eigenvalue weighted by Crippen LogP contribution is -2.37. The minimum atomic E-state index is 0.0891. The Bertz CT molecular complexity index is 170. The topological polar surface area (TPSA) is 55.4 Å². The van der Waals surface area contributed by atoms with Gasteiger partial charge in [-0.25, -0.2) is 0 Å². The van der Waals surface area contributed by atoms with E-state index >= 15 is 0 Å². The van der Waals surface area contributed by atoms with Gasteiger partial charge in [0, 0.05) is 5.92 Å². The Morgan fingerprint density at radius 2 is 2.50 bits per heavy atom.